The second kappa shape index (κ2) is 6.60. The lowest BCUT2D eigenvalue weighted by molar-refractivity contribution is 0.0785. The molecule has 0 aromatic carbocycles. The zero-order chi connectivity index (χ0) is 15.6. The molecule has 2 rings (SSSR count). The number of amides is 1. The summed E-state index contributed by atoms with van der Waals surface area (Å²) in [5, 5.41) is 0. The first-order valence-corrected chi connectivity index (χ1v) is 8.21. The van der Waals surface area contributed by atoms with Gasteiger partial charge in [-0.15, -0.1) is 0 Å². The monoisotopic (exact) mass is 351 g/mol. The van der Waals surface area contributed by atoms with Gasteiger partial charge in [0.25, 0.3) is 5.91 Å². The number of hydrogen-bond donors (Lipinski definition) is 0. The third-order valence-corrected chi connectivity index (χ3v) is 4.20. The summed E-state index contributed by atoms with van der Waals surface area (Å²) in [7, 11) is 1.86. The predicted molar refractivity (Wildman–Crippen MR) is 88.9 cm³/mol. The number of hydrogen-bond acceptors (Lipinski definition) is 2. The number of carbonyl (C=O) groups is 1. The molecule has 0 aliphatic carbocycles. The minimum atomic E-state index is 0.0466. The second-order valence-electron chi connectivity index (χ2n) is 5.40. The van der Waals surface area contributed by atoms with Crippen LogP contribution >= 0.6 is 15.9 Å². The van der Waals surface area contributed by atoms with Crippen molar-refractivity contribution in [1.29, 1.82) is 0 Å². The van der Waals surface area contributed by atoms with Gasteiger partial charge >= 0.3 is 0 Å². The number of fused-ring (bicyclic) bond motifs is 1. The molecular weight excluding hydrogens is 330 g/mol. The molecule has 4 nitrogen and oxygen atoms in total. The van der Waals surface area contributed by atoms with Crippen LogP contribution in [0.1, 0.15) is 48.4 Å². The van der Waals surface area contributed by atoms with Gasteiger partial charge in [0.15, 0.2) is 5.65 Å². The summed E-state index contributed by atoms with van der Waals surface area (Å²) in [4.78, 5) is 19.2. The van der Waals surface area contributed by atoms with Crippen molar-refractivity contribution in [3.05, 3.63) is 33.7 Å². The van der Waals surface area contributed by atoms with Crippen molar-refractivity contribution in [2.24, 2.45) is 0 Å². The number of pyridine rings is 1. The summed E-state index contributed by atoms with van der Waals surface area (Å²) < 4.78 is 2.84. The molecule has 0 unspecified atom stereocenters. The van der Waals surface area contributed by atoms with Gasteiger partial charge in [-0.05, 0) is 47.3 Å². The fraction of sp³-hybridized carbons (Fsp3) is 0.500. The smallest absolute Gasteiger partial charge is 0.272 e. The van der Waals surface area contributed by atoms with Crippen LogP contribution < -0.4 is 0 Å². The van der Waals surface area contributed by atoms with E-state index in [1.165, 1.54) is 0 Å². The van der Waals surface area contributed by atoms with Crippen LogP contribution in [0.25, 0.3) is 5.65 Å². The maximum Gasteiger partial charge on any atom is 0.272 e. The molecule has 0 saturated carbocycles. The van der Waals surface area contributed by atoms with Crippen LogP contribution in [0.4, 0.5) is 0 Å². The van der Waals surface area contributed by atoms with Gasteiger partial charge in [0, 0.05) is 19.8 Å². The average molecular weight is 352 g/mol. The Hall–Kier alpha value is -1.36. The predicted octanol–water partition coefficient (Wildman–Crippen LogP) is 3.84. The Morgan fingerprint density at radius 2 is 2.14 bits per heavy atom. The summed E-state index contributed by atoms with van der Waals surface area (Å²) in [5.41, 5.74) is 3.45. The molecule has 5 heteroatoms. The Morgan fingerprint density at radius 1 is 1.43 bits per heavy atom. The van der Waals surface area contributed by atoms with E-state index in [9.17, 15) is 4.79 Å². The zero-order valence-electron chi connectivity index (χ0n) is 13.1. The van der Waals surface area contributed by atoms with Crippen molar-refractivity contribution >= 4 is 27.5 Å². The standard InChI is InChI=1S/C16H22BrN3O/c1-5-7-8-19(4)16(21)14-13(6-2)18-15-12(17)9-11(3)10-20(14)15/h9-10H,5-8H2,1-4H3. The van der Waals surface area contributed by atoms with Gasteiger partial charge in [-0.1, -0.05) is 20.3 Å². The molecule has 1 amide bonds. The van der Waals surface area contributed by atoms with Gasteiger partial charge in [0.05, 0.1) is 10.2 Å². The molecule has 0 N–H and O–H groups in total. The number of nitrogens with zero attached hydrogens (tertiary/aromatic N) is 3. The highest BCUT2D eigenvalue weighted by atomic mass is 79.9. The number of imidazole rings is 1. The Bertz CT molecular complexity index is 663. The number of aryl methyl sites for hydroxylation is 2. The molecule has 0 fully saturated rings. The topological polar surface area (TPSA) is 37.6 Å². The second-order valence-corrected chi connectivity index (χ2v) is 6.25. The van der Waals surface area contributed by atoms with E-state index in [0.717, 1.165) is 47.2 Å². The first kappa shape index (κ1) is 16.0. The molecule has 2 aromatic heterocycles. The molecule has 2 aromatic rings. The fourth-order valence-corrected chi connectivity index (χ4v) is 3.07. The lowest BCUT2D eigenvalue weighted by Crippen LogP contribution is -2.29. The summed E-state index contributed by atoms with van der Waals surface area (Å²) >= 11 is 3.54. The highest BCUT2D eigenvalue weighted by molar-refractivity contribution is 9.10. The molecule has 0 bridgehead atoms. The lowest BCUT2D eigenvalue weighted by atomic mass is 10.2. The fourth-order valence-electron chi connectivity index (χ4n) is 2.43. The van der Waals surface area contributed by atoms with Gasteiger partial charge in [0.2, 0.25) is 0 Å². The number of rotatable bonds is 5. The van der Waals surface area contributed by atoms with Gasteiger partial charge in [-0.2, -0.15) is 0 Å². The Balaban J connectivity index is 2.53. The van der Waals surface area contributed by atoms with Crippen molar-refractivity contribution < 1.29 is 4.79 Å². The summed E-state index contributed by atoms with van der Waals surface area (Å²) in [6.07, 6.45) is 4.82. The van der Waals surface area contributed by atoms with E-state index in [0.29, 0.717) is 5.69 Å². The van der Waals surface area contributed by atoms with Gasteiger partial charge in [0.1, 0.15) is 5.69 Å². The molecule has 0 atom stereocenters. The van der Waals surface area contributed by atoms with Gasteiger partial charge < -0.3 is 4.90 Å². The van der Waals surface area contributed by atoms with E-state index in [2.05, 4.69) is 27.8 Å². The van der Waals surface area contributed by atoms with E-state index >= 15 is 0 Å². The van der Waals surface area contributed by atoms with Crippen LogP contribution in [0.3, 0.4) is 0 Å². The number of unbranched alkanes of at least 4 members (excludes halogenated alkanes) is 1. The molecule has 0 spiro atoms. The summed E-state index contributed by atoms with van der Waals surface area (Å²) in [5.74, 6) is 0.0466. The molecule has 0 aliphatic rings. The molecule has 0 radical (unpaired) electrons. The summed E-state index contributed by atoms with van der Waals surface area (Å²) in [6, 6.07) is 2.02. The molecule has 114 valence electrons. The molecule has 21 heavy (non-hydrogen) atoms. The van der Waals surface area contributed by atoms with Crippen LogP contribution in [-0.2, 0) is 6.42 Å². The largest absolute Gasteiger partial charge is 0.340 e. The first-order chi connectivity index (χ1) is 9.99. The van der Waals surface area contributed by atoms with Crippen molar-refractivity contribution in [2.45, 2.75) is 40.0 Å². The number of halogens is 1. The number of carbonyl (C=O) groups excluding carboxylic acids is 1. The van der Waals surface area contributed by atoms with E-state index in [-0.39, 0.29) is 5.91 Å². The lowest BCUT2D eigenvalue weighted by Gasteiger charge is -2.17. The zero-order valence-corrected chi connectivity index (χ0v) is 14.7. The molecular formula is C16H22BrN3O. The van der Waals surface area contributed by atoms with Crippen molar-refractivity contribution in [3.63, 3.8) is 0 Å². The van der Waals surface area contributed by atoms with Crippen LogP contribution in [0, 0.1) is 6.92 Å². The third kappa shape index (κ3) is 3.12. The normalized spacial score (nSPS) is 11.1. The third-order valence-electron chi connectivity index (χ3n) is 3.62. The Labute approximate surface area is 134 Å². The van der Waals surface area contributed by atoms with Crippen LogP contribution in [-0.4, -0.2) is 33.8 Å². The summed E-state index contributed by atoms with van der Waals surface area (Å²) in [6.45, 7) is 6.96. The highest BCUT2D eigenvalue weighted by Gasteiger charge is 2.22. The maximum atomic E-state index is 12.8. The molecule has 2 heterocycles. The van der Waals surface area contributed by atoms with Crippen molar-refractivity contribution in [3.8, 4) is 0 Å². The van der Waals surface area contributed by atoms with Crippen LogP contribution in [0.5, 0.6) is 0 Å². The average Bonchev–Trinajstić information content (AvgIpc) is 2.82. The van der Waals surface area contributed by atoms with E-state index < -0.39 is 0 Å². The maximum absolute atomic E-state index is 12.8. The quantitative estimate of drug-likeness (QED) is 0.820. The first-order valence-electron chi connectivity index (χ1n) is 7.42. The Kier molecular flexibility index (Phi) is 5.04. The Morgan fingerprint density at radius 3 is 2.76 bits per heavy atom. The molecule has 0 saturated heterocycles. The SMILES string of the molecule is CCCCN(C)C(=O)c1c(CC)nc2c(Br)cc(C)cn12. The molecule has 0 aliphatic heterocycles. The van der Waals surface area contributed by atoms with E-state index in [1.807, 2.05) is 37.6 Å². The van der Waals surface area contributed by atoms with E-state index in [1.54, 1.807) is 4.90 Å². The van der Waals surface area contributed by atoms with Crippen LogP contribution in [0.15, 0.2) is 16.7 Å². The van der Waals surface area contributed by atoms with E-state index in [4.69, 9.17) is 0 Å². The minimum Gasteiger partial charge on any atom is -0.340 e. The number of aromatic nitrogens is 2. The highest BCUT2D eigenvalue weighted by Crippen LogP contribution is 2.23. The minimum absolute atomic E-state index is 0.0466. The van der Waals surface area contributed by atoms with Crippen molar-refractivity contribution in [1.82, 2.24) is 14.3 Å². The van der Waals surface area contributed by atoms with Crippen molar-refractivity contribution in [2.75, 3.05) is 13.6 Å². The van der Waals surface area contributed by atoms with Gasteiger partial charge in [-0.3, -0.25) is 9.20 Å². The van der Waals surface area contributed by atoms with Gasteiger partial charge in [-0.25, -0.2) is 4.98 Å². The van der Waals surface area contributed by atoms with Crippen LogP contribution in [0.2, 0.25) is 0 Å².